The van der Waals surface area contributed by atoms with Crippen molar-refractivity contribution in [1.29, 1.82) is 0 Å². The van der Waals surface area contributed by atoms with Crippen molar-refractivity contribution in [2.45, 2.75) is 58.2 Å². The lowest BCUT2D eigenvalue weighted by Gasteiger charge is -2.46. The lowest BCUT2D eigenvalue weighted by atomic mass is 9.92. The third-order valence-corrected chi connectivity index (χ3v) is 4.01. The van der Waals surface area contributed by atoms with Crippen molar-refractivity contribution in [3.05, 3.63) is 0 Å². The van der Waals surface area contributed by atoms with Crippen molar-refractivity contribution >= 4 is 5.91 Å². The number of carbonyl (C=O) groups excluding carboxylic acids is 1. The van der Waals surface area contributed by atoms with Gasteiger partial charge in [-0.1, -0.05) is 13.8 Å². The van der Waals surface area contributed by atoms with Crippen LogP contribution in [0.15, 0.2) is 0 Å². The molecule has 0 bridgehead atoms. The standard InChI is InChI=1S/C14H26N2O2/c1-10(2)11-8-15-14(3,4)9-16(11)13(17)12-6-5-7-18-12/h10-12,15H,5-9H2,1-4H3. The van der Waals surface area contributed by atoms with Gasteiger partial charge in [0, 0.05) is 31.3 Å². The van der Waals surface area contributed by atoms with Crippen LogP contribution in [0.5, 0.6) is 0 Å². The summed E-state index contributed by atoms with van der Waals surface area (Å²) in [6, 6.07) is 0.287. The predicted octanol–water partition coefficient (Wildman–Crippen LogP) is 1.40. The number of ether oxygens (including phenoxy) is 1. The first-order valence-corrected chi connectivity index (χ1v) is 7.08. The Morgan fingerprint density at radius 1 is 1.44 bits per heavy atom. The number of nitrogens with one attached hydrogen (secondary N) is 1. The van der Waals surface area contributed by atoms with E-state index in [-0.39, 0.29) is 23.6 Å². The van der Waals surface area contributed by atoms with Crippen LogP contribution in [0.25, 0.3) is 0 Å². The molecule has 18 heavy (non-hydrogen) atoms. The van der Waals surface area contributed by atoms with Crippen LogP contribution in [0.1, 0.15) is 40.5 Å². The largest absolute Gasteiger partial charge is 0.368 e. The quantitative estimate of drug-likeness (QED) is 0.810. The van der Waals surface area contributed by atoms with Crippen LogP contribution >= 0.6 is 0 Å². The number of carbonyl (C=O) groups is 1. The Balaban J connectivity index is 2.11. The van der Waals surface area contributed by atoms with Crippen LogP contribution in [0.2, 0.25) is 0 Å². The fourth-order valence-electron chi connectivity index (χ4n) is 2.88. The molecule has 0 aromatic rings. The highest BCUT2D eigenvalue weighted by atomic mass is 16.5. The Bertz CT molecular complexity index is 309. The molecule has 0 radical (unpaired) electrons. The number of hydrogen-bond donors (Lipinski definition) is 1. The van der Waals surface area contributed by atoms with E-state index >= 15 is 0 Å². The third-order valence-electron chi connectivity index (χ3n) is 4.01. The molecule has 4 heteroatoms. The summed E-state index contributed by atoms with van der Waals surface area (Å²) in [7, 11) is 0. The summed E-state index contributed by atoms with van der Waals surface area (Å²) in [6.45, 7) is 11.1. The van der Waals surface area contributed by atoms with E-state index in [0.29, 0.717) is 5.92 Å². The predicted molar refractivity (Wildman–Crippen MR) is 71.4 cm³/mol. The average Bonchev–Trinajstić information content (AvgIpc) is 2.79. The fraction of sp³-hybridized carbons (Fsp3) is 0.929. The SMILES string of the molecule is CC(C)C1CNC(C)(C)CN1C(=O)C1CCCO1. The Hall–Kier alpha value is -0.610. The molecule has 0 spiro atoms. The van der Waals surface area contributed by atoms with E-state index in [2.05, 4.69) is 37.9 Å². The van der Waals surface area contributed by atoms with Crippen molar-refractivity contribution in [1.82, 2.24) is 10.2 Å². The van der Waals surface area contributed by atoms with Gasteiger partial charge in [0.15, 0.2) is 0 Å². The van der Waals surface area contributed by atoms with E-state index in [1.54, 1.807) is 0 Å². The van der Waals surface area contributed by atoms with E-state index in [4.69, 9.17) is 4.74 Å². The molecular weight excluding hydrogens is 228 g/mol. The Kier molecular flexibility index (Phi) is 3.97. The van der Waals surface area contributed by atoms with Crippen LogP contribution in [-0.2, 0) is 9.53 Å². The fourth-order valence-corrected chi connectivity index (χ4v) is 2.88. The molecular formula is C14H26N2O2. The summed E-state index contributed by atoms with van der Waals surface area (Å²) in [5.74, 6) is 0.666. The third kappa shape index (κ3) is 2.86. The second-order valence-corrected chi connectivity index (χ2v) is 6.54. The summed E-state index contributed by atoms with van der Waals surface area (Å²) in [6.07, 6.45) is 1.70. The molecule has 1 amide bonds. The van der Waals surface area contributed by atoms with Gasteiger partial charge in [-0.25, -0.2) is 0 Å². The molecule has 2 rings (SSSR count). The van der Waals surface area contributed by atoms with Crippen molar-refractivity contribution in [3.63, 3.8) is 0 Å². The Morgan fingerprint density at radius 2 is 2.17 bits per heavy atom. The van der Waals surface area contributed by atoms with E-state index in [1.807, 2.05) is 0 Å². The second kappa shape index (κ2) is 5.17. The van der Waals surface area contributed by atoms with Gasteiger partial charge >= 0.3 is 0 Å². The number of amides is 1. The lowest BCUT2D eigenvalue weighted by molar-refractivity contribution is -0.147. The summed E-state index contributed by atoms with van der Waals surface area (Å²) in [5, 5.41) is 3.53. The van der Waals surface area contributed by atoms with Crippen molar-refractivity contribution in [2.24, 2.45) is 5.92 Å². The zero-order valence-corrected chi connectivity index (χ0v) is 12.0. The molecule has 2 heterocycles. The highest BCUT2D eigenvalue weighted by Crippen LogP contribution is 2.24. The van der Waals surface area contributed by atoms with Crippen molar-refractivity contribution in [3.8, 4) is 0 Å². The number of piperazine rings is 1. The molecule has 2 fully saturated rings. The van der Waals surface area contributed by atoms with Crippen LogP contribution in [0.4, 0.5) is 0 Å². The van der Waals surface area contributed by atoms with Gasteiger partial charge in [0.05, 0.1) is 0 Å². The molecule has 2 atom stereocenters. The van der Waals surface area contributed by atoms with Gasteiger partial charge in [0.2, 0.25) is 0 Å². The highest BCUT2D eigenvalue weighted by molar-refractivity contribution is 5.81. The van der Waals surface area contributed by atoms with Crippen LogP contribution in [-0.4, -0.2) is 48.2 Å². The summed E-state index contributed by atoms with van der Waals surface area (Å²) >= 11 is 0. The molecule has 0 aromatic heterocycles. The van der Waals surface area contributed by atoms with Gasteiger partial charge in [0.25, 0.3) is 5.91 Å². The zero-order chi connectivity index (χ0) is 13.3. The lowest BCUT2D eigenvalue weighted by Crippen LogP contribution is -2.65. The molecule has 0 aliphatic carbocycles. The number of rotatable bonds is 2. The van der Waals surface area contributed by atoms with Crippen LogP contribution < -0.4 is 5.32 Å². The van der Waals surface area contributed by atoms with E-state index in [9.17, 15) is 4.79 Å². The monoisotopic (exact) mass is 254 g/mol. The van der Waals surface area contributed by atoms with Crippen LogP contribution in [0, 0.1) is 5.92 Å². The molecule has 1 N–H and O–H groups in total. The van der Waals surface area contributed by atoms with Gasteiger partial charge < -0.3 is 15.0 Å². The van der Waals surface area contributed by atoms with Gasteiger partial charge in [-0.2, -0.15) is 0 Å². The maximum absolute atomic E-state index is 12.6. The van der Waals surface area contributed by atoms with Crippen molar-refractivity contribution < 1.29 is 9.53 Å². The first-order valence-electron chi connectivity index (χ1n) is 7.08. The van der Waals surface area contributed by atoms with E-state index in [1.165, 1.54) is 0 Å². The second-order valence-electron chi connectivity index (χ2n) is 6.54. The zero-order valence-electron chi connectivity index (χ0n) is 12.0. The average molecular weight is 254 g/mol. The van der Waals surface area contributed by atoms with Gasteiger partial charge in [-0.05, 0) is 32.6 Å². The normalized spacial score (nSPS) is 31.9. The summed E-state index contributed by atoms with van der Waals surface area (Å²) in [4.78, 5) is 14.6. The highest BCUT2D eigenvalue weighted by Gasteiger charge is 2.39. The van der Waals surface area contributed by atoms with Gasteiger partial charge in [-0.15, -0.1) is 0 Å². The Morgan fingerprint density at radius 3 is 2.72 bits per heavy atom. The minimum atomic E-state index is -0.194. The molecule has 2 saturated heterocycles. The molecule has 4 nitrogen and oxygen atoms in total. The first-order chi connectivity index (χ1) is 8.41. The number of hydrogen-bond acceptors (Lipinski definition) is 3. The van der Waals surface area contributed by atoms with Crippen molar-refractivity contribution in [2.75, 3.05) is 19.7 Å². The molecule has 2 aliphatic rings. The van der Waals surface area contributed by atoms with Gasteiger partial charge in [-0.3, -0.25) is 4.79 Å². The van der Waals surface area contributed by atoms with Crippen LogP contribution in [0.3, 0.4) is 0 Å². The van der Waals surface area contributed by atoms with E-state index in [0.717, 1.165) is 32.5 Å². The minimum absolute atomic E-state index is 0.000343. The molecule has 2 aliphatic heterocycles. The minimum Gasteiger partial charge on any atom is -0.368 e. The topological polar surface area (TPSA) is 41.6 Å². The summed E-state index contributed by atoms with van der Waals surface area (Å²) in [5.41, 5.74) is -0.000343. The molecule has 0 aromatic carbocycles. The van der Waals surface area contributed by atoms with Gasteiger partial charge in [0.1, 0.15) is 6.10 Å². The number of nitrogens with zero attached hydrogens (tertiary/aromatic N) is 1. The smallest absolute Gasteiger partial charge is 0.252 e. The first kappa shape index (κ1) is 13.8. The van der Waals surface area contributed by atoms with E-state index < -0.39 is 0 Å². The Labute approximate surface area is 110 Å². The molecule has 104 valence electrons. The molecule has 0 saturated carbocycles. The molecule has 2 unspecified atom stereocenters. The maximum atomic E-state index is 12.6. The maximum Gasteiger partial charge on any atom is 0.252 e. The summed E-state index contributed by atoms with van der Waals surface area (Å²) < 4.78 is 5.55.